The van der Waals surface area contributed by atoms with Crippen molar-refractivity contribution in [3.05, 3.63) is 68.6 Å². The van der Waals surface area contributed by atoms with Gasteiger partial charge in [0.05, 0.1) is 6.20 Å². The number of fused-ring (bicyclic) bond motifs is 1. The van der Waals surface area contributed by atoms with Gasteiger partial charge in [0.2, 0.25) is 0 Å². The highest BCUT2D eigenvalue weighted by Crippen LogP contribution is 2.33. The van der Waals surface area contributed by atoms with E-state index in [1.807, 2.05) is 0 Å². The number of aliphatic imine (C=N–C) groups is 1. The monoisotopic (exact) mass is 345 g/mol. The molecule has 0 spiro atoms. The van der Waals surface area contributed by atoms with E-state index in [-0.39, 0.29) is 5.56 Å². The summed E-state index contributed by atoms with van der Waals surface area (Å²) in [6.45, 7) is 6.05. The number of aryl methyl sites for hydroxylation is 2. The summed E-state index contributed by atoms with van der Waals surface area (Å²) in [4.78, 5) is 17.0. The molecule has 4 nitrogen and oxygen atoms in total. The van der Waals surface area contributed by atoms with Gasteiger partial charge >= 0.3 is 0 Å². The van der Waals surface area contributed by atoms with Crippen LogP contribution in [0.1, 0.15) is 47.1 Å². The topological polar surface area (TPSA) is 47.2 Å². The van der Waals surface area contributed by atoms with Crippen LogP contribution in [0.4, 0.5) is 0 Å². The van der Waals surface area contributed by atoms with E-state index in [1.54, 1.807) is 19.3 Å². The van der Waals surface area contributed by atoms with Gasteiger partial charge in [-0.1, -0.05) is 29.7 Å². The molecule has 0 bridgehead atoms. The molecule has 0 saturated carbocycles. The Kier molecular flexibility index (Phi) is 5.18. The van der Waals surface area contributed by atoms with Gasteiger partial charge in [0.25, 0.3) is 5.56 Å². The second-order valence-corrected chi connectivity index (χ2v) is 6.72. The van der Waals surface area contributed by atoms with Gasteiger partial charge in [-0.05, 0) is 62.6 Å². The summed E-state index contributed by atoms with van der Waals surface area (Å²) in [5, 5.41) is 4.32. The van der Waals surface area contributed by atoms with Crippen LogP contribution in [-0.2, 0) is 12.8 Å². The van der Waals surface area contributed by atoms with Crippen molar-refractivity contribution in [3.63, 3.8) is 0 Å². The number of benzene rings is 1. The zero-order valence-corrected chi connectivity index (χ0v) is 15.5. The van der Waals surface area contributed by atoms with Gasteiger partial charge < -0.3 is 0 Å². The molecule has 0 aliphatic heterocycles. The van der Waals surface area contributed by atoms with Gasteiger partial charge in [-0.25, -0.2) is 4.99 Å². The maximum absolute atomic E-state index is 12.9. The second-order valence-electron chi connectivity index (χ2n) is 6.72. The van der Waals surface area contributed by atoms with Crippen molar-refractivity contribution in [3.8, 4) is 12.3 Å². The molecule has 1 aliphatic rings. The van der Waals surface area contributed by atoms with E-state index in [9.17, 15) is 4.79 Å². The lowest BCUT2D eigenvalue weighted by Crippen LogP contribution is -2.30. The predicted octanol–water partition coefficient (Wildman–Crippen LogP) is 3.65. The molecular weight excluding hydrogens is 322 g/mol. The first-order valence-corrected chi connectivity index (χ1v) is 8.87. The van der Waals surface area contributed by atoms with Crippen LogP contribution < -0.4 is 5.56 Å². The molecule has 1 unspecified atom stereocenters. The Hall–Kier alpha value is -2.93. The van der Waals surface area contributed by atoms with Crippen LogP contribution in [0.3, 0.4) is 0 Å². The lowest BCUT2D eigenvalue weighted by molar-refractivity contribution is 0.566. The van der Waals surface area contributed by atoms with E-state index < -0.39 is 0 Å². The maximum atomic E-state index is 12.9. The smallest absolute Gasteiger partial charge is 0.267 e. The molecule has 0 saturated heterocycles. The predicted molar refractivity (Wildman–Crippen MR) is 106 cm³/mol. The Morgan fingerprint density at radius 3 is 2.92 bits per heavy atom. The molecule has 3 rings (SSSR count). The Morgan fingerprint density at radius 1 is 1.42 bits per heavy atom. The summed E-state index contributed by atoms with van der Waals surface area (Å²) >= 11 is 0. The molecule has 26 heavy (non-hydrogen) atoms. The zero-order chi connectivity index (χ0) is 18.7. The van der Waals surface area contributed by atoms with Crippen molar-refractivity contribution >= 4 is 12.0 Å². The average molecular weight is 345 g/mol. The molecule has 0 radical (unpaired) electrons. The van der Waals surface area contributed by atoms with E-state index in [1.165, 1.54) is 27.4 Å². The number of hydrogen-bond acceptors (Lipinski definition) is 3. The second kappa shape index (κ2) is 7.53. The molecule has 4 heteroatoms. The highest BCUT2D eigenvalue weighted by atomic mass is 16.1. The average Bonchev–Trinajstić information content (AvgIpc) is 2.62. The van der Waals surface area contributed by atoms with Crippen LogP contribution in [0.2, 0.25) is 0 Å². The minimum atomic E-state index is -0.117. The van der Waals surface area contributed by atoms with E-state index >= 15 is 0 Å². The molecule has 2 aromatic rings. The summed E-state index contributed by atoms with van der Waals surface area (Å²) in [6.07, 6.45) is 12.8. The molecular formula is C22H23N3O. The Bertz CT molecular complexity index is 989. The molecule has 0 N–H and O–H groups in total. The normalized spacial score (nSPS) is 17.2. The van der Waals surface area contributed by atoms with Crippen LogP contribution >= 0.6 is 0 Å². The number of terminal acetylenes is 1. The highest BCUT2D eigenvalue weighted by molar-refractivity contribution is 5.64. The first kappa shape index (κ1) is 17.9. The van der Waals surface area contributed by atoms with Crippen LogP contribution in [0.15, 0.2) is 40.3 Å². The fourth-order valence-corrected chi connectivity index (χ4v) is 3.72. The number of hydrogen-bond donors (Lipinski definition) is 0. The van der Waals surface area contributed by atoms with Crippen molar-refractivity contribution in [2.45, 2.75) is 46.0 Å². The number of rotatable bonds is 3. The number of aromatic nitrogens is 2. The molecule has 0 fully saturated rings. The van der Waals surface area contributed by atoms with Crippen molar-refractivity contribution in [2.24, 2.45) is 4.99 Å². The molecule has 1 aromatic carbocycles. The standard InChI is InChI=1S/C22H23N3O/c1-5-7-21(23-6-2)25-22(26)20-11-9-17(13-18(20)14-24-25)19-10-8-15(3)12-16(19)4/h1,6-8,10,12,14,17H,9,11,13H2,2-4H3/b21-7+,23-6-. The maximum Gasteiger partial charge on any atom is 0.276 e. The largest absolute Gasteiger partial charge is 0.276 e. The van der Waals surface area contributed by atoms with Gasteiger partial charge in [0, 0.05) is 17.9 Å². The van der Waals surface area contributed by atoms with Gasteiger partial charge in [0.1, 0.15) is 0 Å². The first-order valence-electron chi connectivity index (χ1n) is 8.87. The lowest BCUT2D eigenvalue weighted by Gasteiger charge is -2.26. The zero-order valence-electron chi connectivity index (χ0n) is 15.5. The SMILES string of the molecule is C#C/C=C(\N=C/C)n1ncc2c(c1=O)CCC(c1ccc(C)cc1C)C2. The fraction of sp³-hybridized carbons (Fsp3) is 0.318. The van der Waals surface area contributed by atoms with E-state index in [0.29, 0.717) is 11.7 Å². The van der Waals surface area contributed by atoms with Crippen LogP contribution in [0, 0.1) is 26.2 Å². The Labute approximate surface area is 154 Å². The summed E-state index contributed by atoms with van der Waals surface area (Å²) in [5.41, 5.74) is 5.70. The highest BCUT2D eigenvalue weighted by Gasteiger charge is 2.25. The first-order chi connectivity index (χ1) is 12.5. The van der Waals surface area contributed by atoms with Crippen molar-refractivity contribution < 1.29 is 0 Å². The minimum absolute atomic E-state index is 0.117. The van der Waals surface area contributed by atoms with Gasteiger partial charge in [0.15, 0.2) is 5.82 Å². The van der Waals surface area contributed by atoms with Crippen LogP contribution in [0.5, 0.6) is 0 Å². The Morgan fingerprint density at radius 2 is 2.23 bits per heavy atom. The van der Waals surface area contributed by atoms with Crippen molar-refractivity contribution in [1.29, 1.82) is 0 Å². The van der Waals surface area contributed by atoms with Gasteiger partial charge in [-0.3, -0.25) is 4.79 Å². The number of nitrogens with zero attached hydrogens (tertiary/aromatic N) is 3. The van der Waals surface area contributed by atoms with E-state index in [2.05, 4.69) is 48.1 Å². The quantitative estimate of drug-likeness (QED) is 0.630. The third-order valence-corrected chi connectivity index (χ3v) is 4.93. The summed E-state index contributed by atoms with van der Waals surface area (Å²) in [5.74, 6) is 3.22. The summed E-state index contributed by atoms with van der Waals surface area (Å²) in [7, 11) is 0. The molecule has 132 valence electrons. The van der Waals surface area contributed by atoms with Crippen LogP contribution in [-0.4, -0.2) is 16.0 Å². The van der Waals surface area contributed by atoms with Gasteiger partial charge in [-0.15, -0.1) is 6.42 Å². The van der Waals surface area contributed by atoms with Crippen LogP contribution in [0.25, 0.3) is 5.82 Å². The molecule has 1 aromatic heterocycles. The Balaban J connectivity index is 1.97. The lowest BCUT2D eigenvalue weighted by atomic mass is 9.79. The molecule has 1 aliphatic carbocycles. The fourth-order valence-electron chi connectivity index (χ4n) is 3.72. The molecule has 1 atom stereocenters. The third-order valence-electron chi connectivity index (χ3n) is 4.93. The van der Waals surface area contributed by atoms with Crippen molar-refractivity contribution in [2.75, 3.05) is 0 Å². The summed E-state index contributed by atoms with van der Waals surface area (Å²) in [6, 6.07) is 6.60. The van der Waals surface area contributed by atoms with Gasteiger partial charge in [-0.2, -0.15) is 9.78 Å². The minimum Gasteiger partial charge on any atom is -0.267 e. The molecule has 1 heterocycles. The third kappa shape index (κ3) is 3.39. The van der Waals surface area contributed by atoms with Crippen molar-refractivity contribution in [1.82, 2.24) is 9.78 Å². The van der Waals surface area contributed by atoms with E-state index in [0.717, 1.165) is 30.4 Å². The number of allylic oxidation sites excluding steroid dienone is 1. The molecule has 0 amide bonds. The van der Waals surface area contributed by atoms with E-state index in [4.69, 9.17) is 6.42 Å². The summed E-state index contributed by atoms with van der Waals surface area (Å²) < 4.78 is 1.30.